The quantitative estimate of drug-likeness (QED) is 0.485. The fraction of sp³-hybridized carbons (Fsp3) is 0.692. The molecule has 1 fully saturated rings. The highest BCUT2D eigenvalue weighted by Gasteiger charge is 2.12. The first-order valence-electron chi connectivity index (χ1n) is 6.78. The molecule has 5 nitrogen and oxygen atoms in total. The number of nitrogens with one attached hydrogen (secondary N) is 1. The van der Waals surface area contributed by atoms with Crippen LogP contribution in [-0.4, -0.2) is 21.8 Å². The van der Waals surface area contributed by atoms with Crippen LogP contribution >= 0.6 is 0 Å². The molecule has 0 saturated heterocycles. The molecule has 1 saturated carbocycles. The Labute approximate surface area is 108 Å². The molecular formula is C13H23N5. The number of guanidine groups is 1. The van der Waals surface area contributed by atoms with Crippen LogP contribution in [0.5, 0.6) is 0 Å². The normalized spacial score (nSPS) is 18.6. The molecule has 1 aromatic heterocycles. The Morgan fingerprint density at radius 3 is 2.78 bits per heavy atom. The molecule has 3 N–H and O–H groups in total. The first-order valence-corrected chi connectivity index (χ1v) is 6.78. The fourth-order valence-corrected chi connectivity index (χ4v) is 2.41. The Balaban J connectivity index is 1.80. The summed E-state index contributed by atoms with van der Waals surface area (Å²) in [6.45, 7) is 0.597. The predicted molar refractivity (Wildman–Crippen MR) is 73.2 cm³/mol. The third kappa shape index (κ3) is 4.05. The SMILES string of the molecule is Cn1cc(CN=C(N)NC2CCCCCC2)cn1. The molecule has 0 aromatic carbocycles. The molecule has 1 heterocycles. The Bertz CT molecular complexity index is 388. The van der Waals surface area contributed by atoms with Crippen molar-refractivity contribution in [2.24, 2.45) is 17.8 Å². The van der Waals surface area contributed by atoms with Crippen LogP contribution in [0.1, 0.15) is 44.1 Å². The average molecular weight is 249 g/mol. The highest BCUT2D eigenvalue weighted by Crippen LogP contribution is 2.16. The zero-order valence-electron chi connectivity index (χ0n) is 11.1. The van der Waals surface area contributed by atoms with Gasteiger partial charge in [-0.25, -0.2) is 4.99 Å². The second-order valence-corrected chi connectivity index (χ2v) is 5.06. The van der Waals surface area contributed by atoms with Crippen molar-refractivity contribution in [1.29, 1.82) is 0 Å². The molecule has 0 radical (unpaired) electrons. The second-order valence-electron chi connectivity index (χ2n) is 5.06. The summed E-state index contributed by atoms with van der Waals surface area (Å²) in [5.74, 6) is 0.561. The van der Waals surface area contributed by atoms with Crippen LogP contribution in [0.3, 0.4) is 0 Å². The van der Waals surface area contributed by atoms with E-state index in [4.69, 9.17) is 5.73 Å². The molecule has 0 spiro atoms. The van der Waals surface area contributed by atoms with Crippen molar-refractivity contribution >= 4 is 5.96 Å². The van der Waals surface area contributed by atoms with E-state index in [1.807, 2.05) is 19.4 Å². The minimum absolute atomic E-state index is 0.505. The van der Waals surface area contributed by atoms with E-state index in [1.165, 1.54) is 38.5 Å². The largest absolute Gasteiger partial charge is 0.370 e. The average Bonchev–Trinajstić information content (AvgIpc) is 2.60. The first-order chi connectivity index (χ1) is 8.74. The van der Waals surface area contributed by atoms with Crippen molar-refractivity contribution in [3.63, 3.8) is 0 Å². The number of rotatable bonds is 3. The van der Waals surface area contributed by atoms with Gasteiger partial charge in [0.15, 0.2) is 5.96 Å². The number of hydrogen-bond acceptors (Lipinski definition) is 2. The first kappa shape index (κ1) is 12.9. The Morgan fingerprint density at radius 1 is 1.44 bits per heavy atom. The summed E-state index contributed by atoms with van der Waals surface area (Å²) < 4.78 is 1.78. The molecule has 1 aromatic rings. The van der Waals surface area contributed by atoms with Gasteiger partial charge in [0.1, 0.15) is 0 Å². The van der Waals surface area contributed by atoms with Gasteiger partial charge in [-0.3, -0.25) is 4.68 Å². The minimum atomic E-state index is 0.505. The molecule has 0 unspecified atom stereocenters. The molecule has 1 aliphatic carbocycles. The highest BCUT2D eigenvalue weighted by atomic mass is 15.2. The van der Waals surface area contributed by atoms with E-state index in [2.05, 4.69) is 15.4 Å². The summed E-state index contributed by atoms with van der Waals surface area (Å²) in [6.07, 6.45) is 11.5. The summed E-state index contributed by atoms with van der Waals surface area (Å²) in [6, 6.07) is 0.505. The zero-order chi connectivity index (χ0) is 12.8. The molecule has 5 heteroatoms. The maximum atomic E-state index is 5.92. The van der Waals surface area contributed by atoms with E-state index in [1.54, 1.807) is 4.68 Å². The molecule has 18 heavy (non-hydrogen) atoms. The number of hydrogen-bond donors (Lipinski definition) is 2. The van der Waals surface area contributed by atoms with Crippen LogP contribution in [0, 0.1) is 0 Å². The third-order valence-electron chi connectivity index (χ3n) is 3.40. The van der Waals surface area contributed by atoms with Crippen LogP contribution in [0.15, 0.2) is 17.4 Å². The Kier molecular flexibility index (Phi) is 4.61. The van der Waals surface area contributed by atoms with Gasteiger partial charge in [0, 0.05) is 24.8 Å². The monoisotopic (exact) mass is 249 g/mol. The van der Waals surface area contributed by atoms with Crippen molar-refractivity contribution in [2.45, 2.75) is 51.1 Å². The van der Waals surface area contributed by atoms with Gasteiger partial charge in [-0.05, 0) is 12.8 Å². The molecule has 0 bridgehead atoms. The van der Waals surface area contributed by atoms with Crippen LogP contribution < -0.4 is 11.1 Å². The van der Waals surface area contributed by atoms with E-state index in [0.717, 1.165) is 5.56 Å². The number of aliphatic imine (C=N–C) groups is 1. The Hall–Kier alpha value is -1.52. The third-order valence-corrected chi connectivity index (χ3v) is 3.40. The van der Waals surface area contributed by atoms with Crippen LogP contribution in [0.4, 0.5) is 0 Å². The second kappa shape index (κ2) is 6.42. The van der Waals surface area contributed by atoms with Crippen molar-refractivity contribution in [3.05, 3.63) is 18.0 Å². The summed E-state index contributed by atoms with van der Waals surface area (Å²) >= 11 is 0. The highest BCUT2D eigenvalue weighted by molar-refractivity contribution is 5.78. The molecule has 0 amide bonds. The van der Waals surface area contributed by atoms with E-state index in [0.29, 0.717) is 18.5 Å². The van der Waals surface area contributed by atoms with E-state index in [9.17, 15) is 0 Å². The van der Waals surface area contributed by atoms with E-state index >= 15 is 0 Å². The molecule has 0 atom stereocenters. The fourth-order valence-electron chi connectivity index (χ4n) is 2.41. The van der Waals surface area contributed by atoms with Gasteiger partial charge in [0.2, 0.25) is 0 Å². The summed E-state index contributed by atoms with van der Waals surface area (Å²) in [4.78, 5) is 4.36. The number of aromatic nitrogens is 2. The Morgan fingerprint density at radius 2 is 2.17 bits per heavy atom. The zero-order valence-corrected chi connectivity index (χ0v) is 11.1. The van der Waals surface area contributed by atoms with Gasteiger partial charge in [-0.15, -0.1) is 0 Å². The van der Waals surface area contributed by atoms with Crippen molar-refractivity contribution in [2.75, 3.05) is 0 Å². The summed E-state index contributed by atoms with van der Waals surface area (Å²) in [7, 11) is 1.90. The number of nitrogens with two attached hydrogens (primary N) is 1. The van der Waals surface area contributed by atoms with Crippen molar-refractivity contribution in [1.82, 2.24) is 15.1 Å². The van der Waals surface area contributed by atoms with E-state index in [-0.39, 0.29) is 0 Å². The van der Waals surface area contributed by atoms with Crippen molar-refractivity contribution < 1.29 is 0 Å². The molecule has 100 valence electrons. The van der Waals surface area contributed by atoms with Gasteiger partial charge in [0.25, 0.3) is 0 Å². The van der Waals surface area contributed by atoms with E-state index < -0.39 is 0 Å². The lowest BCUT2D eigenvalue weighted by atomic mass is 10.1. The lowest BCUT2D eigenvalue weighted by molar-refractivity contribution is 0.530. The number of nitrogens with zero attached hydrogens (tertiary/aromatic N) is 3. The standard InChI is InChI=1S/C13H23N5/c1-18-10-11(9-16-18)8-15-13(14)17-12-6-4-2-3-5-7-12/h9-10,12H,2-8H2,1H3,(H3,14,15,17). The van der Waals surface area contributed by atoms with Gasteiger partial charge >= 0.3 is 0 Å². The summed E-state index contributed by atoms with van der Waals surface area (Å²) in [5, 5.41) is 7.45. The van der Waals surface area contributed by atoms with Gasteiger partial charge in [-0.2, -0.15) is 5.10 Å². The molecule has 2 rings (SSSR count). The maximum Gasteiger partial charge on any atom is 0.189 e. The maximum absolute atomic E-state index is 5.92. The lowest BCUT2D eigenvalue weighted by Gasteiger charge is -2.16. The lowest BCUT2D eigenvalue weighted by Crippen LogP contribution is -2.39. The molecule has 0 aliphatic heterocycles. The van der Waals surface area contributed by atoms with Crippen LogP contribution in [0.2, 0.25) is 0 Å². The van der Waals surface area contributed by atoms with Crippen LogP contribution in [-0.2, 0) is 13.6 Å². The van der Waals surface area contributed by atoms with Gasteiger partial charge in [-0.1, -0.05) is 25.7 Å². The number of aryl methyl sites for hydroxylation is 1. The summed E-state index contributed by atoms with van der Waals surface area (Å²) in [5.41, 5.74) is 7.01. The topological polar surface area (TPSA) is 68.2 Å². The van der Waals surface area contributed by atoms with Crippen LogP contribution in [0.25, 0.3) is 0 Å². The smallest absolute Gasteiger partial charge is 0.189 e. The van der Waals surface area contributed by atoms with Gasteiger partial charge in [0.05, 0.1) is 12.7 Å². The van der Waals surface area contributed by atoms with Gasteiger partial charge < -0.3 is 11.1 Å². The molecule has 1 aliphatic rings. The minimum Gasteiger partial charge on any atom is -0.370 e. The molecular weight excluding hydrogens is 226 g/mol. The predicted octanol–water partition coefficient (Wildman–Crippen LogP) is 1.55. The van der Waals surface area contributed by atoms with Crippen molar-refractivity contribution in [3.8, 4) is 0 Å².